The van der Waals surface area contributed by atoms with E-state index in [9.17, 15) is 24.3 Å². The Hall–Kier alpha value is -3.48. The normalized spacial score (nSPS) is 17.8. The fourth-order valence-corrected chi connectivity index (χ4v) is 6.97. The molecule has 2 aromatic carbocycles. The Morgan fingerprint density at radius 1 is 1.09 bits per heavy atom. The van der Waals surface area contributed by atoms with Gasteiger partial charge in [0.15, 0.2) is 0 Å². The first-order valence-electron chi connectivity index (χ1n) is 12.7. The molecule has 1 fully saturated rings. The molecule has 2 aliphatic heterocycles. The summed E-state index contributed by atoms with van der Waals surface area (Å²) in [7, 11) is 0. The Bertz CT molecular complexity index is 1660. The number of hydrogen-bond donors (Lipinski definition) is 3. The fraction of sp³-hybridized carbons (Fsp3) is 0.172. The number of carbonyl (C=O) groups excluding carboxylic acids is 3. The second-order valence-corrected chi connectivity index (χ2v) is 12.7. The van der Waals surface area contributed by atoms with Crippen molar-refractivity contribution in [2.24, 2.45) is 0 Å². The van der Waals surface area contributed by atoms with Crippen LogP contribution >= 0.6 is 57.9 Å². The summed E-state index contributed by atoms with van der Waals surface area (Å²) in [6.07, 6.45) is 3.33. The van der Waals surface area contributed by atoms with E-state index in [1.54, 1.807) is 36.4 Å². The van der Waals surface area contributed by atoms with Crippen molar-refractivity contribution >= 4 is 87.3 Å². The number of carbonyl (C=O) groups is 4. The Morgan fingerprint density at radius 2 is 1.91 bits per heavy atom. The Labute approximate surface area is 269 Å². The second-order valence-electron chi connectivity index (χ2n) is 9.33. The van der Waals surface area contributed by atoms with E-state index in [0.29, 0.717) is 27.1 Å². The van der Waals surface area contributed by atoms with Crippen molar-refractivity contribution < 1.29 is 29.0 Å². The van der Waals surface area contributed by atoms with Gasteiger partial charge in [0.25, 0.3) is 11.8 Å². The molecule has 5 rings (SSSR count). The number of nitrogens with one attached hydrogen (secondary N) is 2. The molecule has 3 N–H and O–H groups in total. The lowest BCUT2D eigenvalue weighted by Gasteiger charge is -2.49. The highest BCUT2D eigenvalue weighted by Gasteiger charge is 2.53. The number of β-lactam (4-membered cyclic amide) rings is 1. The largest absolute Gasteiger partial charge is 0.489 e. The van der Waals surface area contributed by atoms with E-state index < -0.39 is 29.2 Å². The molecule has 2 atom stereocenters. The number of carboxylic acid groups (broad SMARTS) is 1. The first kappa shape index (κ1) is 31.0. The molecule has 1 saturated heterocycles. The fourth-order valence-electron chi connectivity index (χ4n) is 4.47. The molecule has 0 radical (unpaired) electrons. The van der Waals surface area contributed by atoms with Crippen LogP contribution in [0.15, 0.2) is 77.3 Å². The topological polar surface area (TPSA) is 125 Å². The molecule has 0 bridgehead atoms. The summed E-state index contributed by atoms with van der Waals surface area (Å²) in [4.78, 5) is 52.5. The summed E-state index contributed by atoms with van der Waals surface area (Å²) in [5, 5.41) is 17.7. The molecule has 43 heavy (non-hydrogen) atoms. The number of halogens is 3. The Kier molecular flexibility index (Phi) is 9.68. The summed E-state index contributed by atoms with van der Waals surface area (Å²) < 4.78 is 5.81. The van der Waals surface area contributed by atoms with Crippen molar-refractivity contribution in [3.05, 3.63) is 103 Å². The molecule has 2 aliphatic rings. The van der Waals surface area contributed by atoms with Crippen LogP contribution in [0.25, 0.3) is 0 Å². The van der Waals surface area contributed by atoms with Gasteiger partial charge in [-0.1, -0.05) is 46.9 Å². The van der Waals surface area contributed by atoms with E-state index >= 15 is 0 Å². The summed E-state index contributed by atoms with van der Waals surface area (Å²) in [6.45, 7) is -0.00543. The number of allylic oxidation sites excluding steroid dienone is 1. The molecule has 0 spiro atoms. The van der Waals surface area contributed by atoms with Crippen molar-refractivity contribution in [1.82, 2.24) is 10.2 Å². The number of aliphatic carboxylic acids is 1. The van der Waals surface area contributed by atoms with Crippen LogP contribution in [0.5, 0.6) is 5.75 Å². The maximum absolute atomic E-state index is 13.0. The third-order valence-corrected chi connectivity index (χ3v) is 9.60. The van der Waals surface area contributed by atoms with Gasteiger partial charge in [-0.05, 0) is 59.5 Å². The van der Waals surface area contributed by atoms with E-state index in [4.69, 9.17) is 39.5 Å². The molecule has 9 nitrogen and oxygen atoms in total. The van der Waals surface area contributed by atoms with Crippen LogP contribution in [0, 0.1) is 0 Å². The maximum Gasteiger partial charge on any atom is 0.352 e. The maximum atomic E-state index is 13.0. The summed E-state index contributed by atoms with van der Waals surface area (Å²) in [5.74, 6) is -1.95. The number of amides is 3. The Morgan fingerprint density at radius 3 is 2.63 bits per heavy atom. The van der Waals surface area contributed by atoms with Crippen LogP contribution in [0.1, 0.15) is 15.2 Å². The van der Waals surface area contributed by atoms with Crippen molar-refractivity contribution in [1.29, 1.82) is 0 Å². The van der Waals surface area contributed by atoms with Crippen molar-refractivity contribution in [3.8, 4) is 5.75 Å². The number of anilines is 1. The number of ether oxygens (including phenoxy) is 1. The zero-order chi connectivity index (χ0) is 30.7. The number of benzene rings is 2. The average molecular weight is 679 g/mol. The number of fused-ring (bicyclic) bond motifs is 1. The van der Waals surface area contributed by atoms with Crippen LogP contribution in [0.2, 0.25) is 15.1 Å². The highest BCUT2D eigenvalue weighted by atomic mass is 35.5. The molecular formula is C29H22Cl3N3O6S2. The van der Waals surface area contributed by atoms with E-state index in [2.05, 4.69) is 10.6 Å². The standard InChI is InChI=1S/C29H22Cl3N3O6S2/c30-16-5-8-22(19(11-16)26(37)33-17-6-7-20(31)21(32)12-17)41-9-1-3-15-14-43-28-24(27(38)35(28)25(15)29(39)40)34-23(36)13-18-4-2-10-42-18/h1-8,10-12,24,28H,9,13-14H2,(H,33,37)(H,34,36)(H,39,40)/t24-,28-/m1/s1. The van der Waals surface area contributed by atoms with E-state index in [-0.39, 0.29) is 41.0 Å². The van der Waals surface area contributed by atoms with Crippen LogP contribution < -0.4 is 15.4 Å². The van der Waals surface area contributed by atoms with E-state index in [1.807, 2.05) is 17.5 Å². The van der Waals surface area contributed by atoms with Gasteiger partial charge < -0.3 is 20.5 Å². The van der Waals surface area contributed by atoms with Crippen LogP contribution in [-0.4, -0.2) is 57.5 Å². The Balaban J connectivity index is 1.24. The van der Waals surface area contributed by atoms with Gasteiger partial charge in [0.1, 0.15) is 29.5 Å². The number of hydrogen-bond acceptors (Lipinski definition) is 7. The highest BCUT2D eigenvalue weighted by molar-refractivity contribution is 8.00. The predicted octanol–water partition coefficient (Wildman–Crippen LogP) is 5.88. The lowest BCUT2D eigenvalue weighted by Crippen LogP contribution is -2.70. The minimum absolute atomic E-state index is 0.00543. The van der Waals surface area contributed by atoms with Crippen molar-refractivity contribution in [3.63, 3.8) is 0 Å². The number of thiophene rings is 1. The molecule has 3 aromatic rings. The molecule has 0 unspecified atom stereocenters. The number of nitrogens with zero attached hydrogens (tertiary/aromatic N) is 1. The minimum atomic E-state index is -1.25. The van der Waals surface area contributed by atoms with Gasteiger partial charge in [0, 0.05) is 21.3 Å². The zero-order valence-corrected chi connectivity index (χ0v) is 25.9. The summed E-state index contributed by atoms with van der Waals surface area (Å²) in [6, 6.07) is 12.1. The van der Waals surface area contributed by atoms with Crippen LogP contribution in [0.3, 0.4) is 0 Å². The minimum Gasteiger partial charge on any atom is -0.489 e. The molecule has 3 heterocycles. The molecule has 14 heteroatoms. The van der Waals surface area contributed by atoms with Crippen molar-refractivity contribution in [2.75, 3.05) is 17.7 Å². The van der Waals surface area contributed by atoms with Gasteiger partial charge in [-0.25, -0.2) is 4.79 Å². The number of carboxylic acids is 1. The smallest absolute Gasteiger partial charge is 0.352 e. The number of thioether (sulfide) groups is 1. The van der Waals surface area contributed by atoms with Crippen molar-refractivity contribution in [2.45, 2.75) is 17.8 Å². The monoisotopic (exact) mass is 677 g/mol. The zero-order valence-electron chi connectivity index (χ0n) is 22.0. The molecular weight excluding hydrogens is 657 g/mol. The van der Waals surface area contributed by atoms with Gasteiger partial charge in [-0.15, -0.1) is 23.1 Å². The van der Waals surface area contributed by atoms with Gasteiger partial charge in [-0.2, -0.15) is 0 Å². The molecule has 0 aliphatic carbocycles. The molecule has 3 amide bonds. The first-order valence-corrected chi connectivity index (χ1v) is 15.8. The van der Waals surface area contributed by atoms with Gasteiger partial charge in [-0.3, -0.25) is 19.3 Å². The molecule has 1 aromatic heterocycles. The van der Waals surface area contributed by atoms with Gasteiger partial charge in [0.05, 0.1) is 22.0 Å². The summed E-state index contributed by atoms with van der Waals surface area (Å²) in [5.41, 5.74) is 0.882. The highest BCUT2D eigenvalue weighted by Crippen LogP contribution is 2.40. The third-order valence-electron chi connectivity index (χ3n) is 6.45. The average Bonchev–Trinajstić information content (AvgIpc) is 3.49. The SMILES string of the molecule is O=C(Cc1cccs1)N[C@@H]1C(=O)N2C(C(=O)O)=C(C=CCOc3ccc(Cl)cc3C(=O)Nc3ccc(Cl)c(Cl)c3)CS[C@H]12. The first-order chi connectivity index (χ1) is 20.6. The lowest BCUT2D eigenvalue weighted by atomic mass is 10.0. The molecule has 0 saturated carbocycles. The van der Waals surface area contributed by atoms with Gasteiger partial charge in [0.2, 0.25) is 5.91 Å². The summed E-state index contributed by atoms with van der Waals surface area (Å²) >= 11 is 20.9. The quantitative estimate of drug-likeness (QED) is 0.229. The van der Waals surface area contributed by atoms with Crippen LogP contribution in [0.4, 0.5) is 5.69 Å². The lowest BCUT2D eigenvalue weighted by molar-refractivity contribution is -0.150. The van der Waals surface area contributed by atoms with E-state index in [0.717, 1.165) is 4.88 Å². The van der Waals surface area contributed by atoms with Crippen LogP contribution in [-0.2, 0) is 20.8 Å². The third kappa shape index (κ3) is 7.02. The predicted molar refractivity (Wildman–Crippen MR) is 168 cm³/mol. The van der Waals surface area contributed by atoms with Gasteiger partial charge >= 0.3 is 5.97 Å². The molecule has 222 valence electrons. The second kappa shape index (κ2) is 13.4. The number of rotatable bonds is 10. The van der Waals surface area contributed by atoms with E-state index in [1.165, 1.54) is 40.1 Å².